The van der Waals surface area contributed by atoms with Crippen LogP contribution in [0.15, 0.2) is 83.8 Å². The van der Waals surface area contributed by atoms with Crippen LogP contribution >= 0.6 is 0 Å². The van der Waals surface area contributed by atoms with Gasteiger partial charge in [-0.25, -0.2) is 13.2 Å². The summed E-state index contributed by atoms with van der Waals surface area (Å²) in [6.45, 7) is 9.18. The summed E-state index contributed by atoms with van der Waals surface area (Å²) in [4.78, 5) is 30.3. The molecule has 3 aromatic rings. The molecule has 1 unspecified atom stereocenters. The summed E-state index contributed by atoms with van der Waals surface area (Å²) in [6, 6.07) is 25.1. The van der Waals surface area contributed by atoms with Crippen molar-refractivity contribution in [3.8, 4) is 0 Å². The van der Waals surface area contributed by atoms with Gasteiger partial charge in [-0.1, -0.05) is 54.6 Å². The first-order valence-electron chi connectivity index (χ1n) is 15.2. The average Bonchev–Trinajstić information content (AvgIpc) is 2.99. The zero-order chi connectivity index (χ0) is 31.0. The van der Waals surface area contributed by atoms with E-state index >= 15 is 0 Å². The van der Waals surface area contributed by atoms with E-state index in [1.54, 1.807) is 24.3 Å². The summed E-state index contributed by atoms with van der Waals surface area (Å²) in [5.74, 6) is -0.0139. The topological polar surface area (TPSA) is 84.0 Å². The number of likely N-dealkylation sites (N-methyl/N-ethyl adjacent to an activating group) is 1. The van der Waals surface area contributed by atoms with Crippen LogP contribution in [0.1, 0.15) is 73.0 Å². The molecular formula is C35H44N2O5S. The molecule has 1 aliphatic heterocycles. The fraction of sp³-hybridized carbons (Fsp3) is 0.429. The van der Waals surface area contributed by atoms with E-state index in [-0.39, 0.29) is 41.3 Å². The van der Waals surface area contributed by atoms with Crippen LogP contribution in [-0.2, 0) is 25.8 Å². The molecule has 230 valence electrons. The van der Waals surface area contributed by atoms with Crippen molar-refractivity contribution in [1.82, 2.24) is 9.80 Å². The highest BCUT2D eigenvalue weighted by molar-refractivity contribution is 7.90. The van der Waals surface area contributed by atoms with Gasteiger partial charge in [0.2, 0.25) is 5.91 Å². The highest BCUT2D eigenvalue weighted by Gasteiger charge is 2.27. The predicted octanol–water partition coefficient (Wildman–Crippen LogP) is 5.73. The summed E-state index contributed by atoms with van der Waals surface area (Å²) in [5, 5.41) is 0. The van der Waals surface area contributed by atoms with Gasteiger partial charge in [0.1, 0.15) is 0 Å². The molecule has 0 spiro atoms. The van der Waals surface area contributed by atoms with Crippen molar-refractivity contribution in [2.45, 2.75) is 69.4 Å². The van der Waals surface area contributed by atoms with Crippen LogP contribution < -0.4 is 0 Å². The third kappa shape index (κ3) is 9.00. The minimum Gasteiger partial charge on any atom is -0.459 e. The molecule has 1 aliphatic rings. The molecule has 0 aromatic heterocycles. The first-order valence-corrected chi connectivity index (χ1v) is 17.1. The van der Waals surface area contributed by atoms with Crippen molar-refractivity contribution in [3.05, 3.63) is 101 Å². The third-order valence-electron chi connectivity index (χ3n) is 8.19. The van der Waals surface area contributed by atoms with Gasteiger partial charge in [0.15, 0.2) is 9.84 Å². The number of hydrogen-bond donors (Lipinski definition) is 0. The number of carbonyl (C=O) groups is 2. The molecule has 1 fully saturated rings. The van der Waals surface area contributed by atoms with Crippen molar-refractivity contribution >= 4 is 21.7 Å². The smallest absolute Gasteiger partial charge is 0.338 e. The maximum absolute atomic E-state index is 13.2. The molecule has 1 heterocycles. The summed E-state index contributed by atoms with van der Waals surface area (Å²) in [7, 11) is -3.26. The van der Waals surface area contributed by atoms with Crippen molar-refractivity contribution < 1.29 is 22.7 Å². The Balaban J connectivity index is 1.34. The van der Waals surface area contributed by atoms with E-state index in [1.165, 1.54) is 17.4 Å². The highest BCUT2D eigenvalue weighted by atomic mass is 32.2. The van der Waals surface area contributed by atoms with Gasteiger partial charge >= 0.3 is 5.97 Å². The molecule has 8 heteroatoms. The van der Waals surface area contributed by atoms with Crippen molar-refractivity contribution in [2.24, 2.45) is 0 Å². The zero-order valence-electron chi connectivity index (χ0n) is 25.7. The van der Waals surface area contributed by atoms with Gasteiger partial charge in [-0.3, -0.25) is 4.79 Å². The predicted molar refractivity (Wildman–Crippen MR) is 170 cm³/mol. The van der Waals surface area contributed by atoms with E-state index in [2.05, 4.69) is 29.2 Å². The van der Waals surface area contributed by atoms with Gasteiger partial charge in [0, 0.05) is 37.8 Å². The highest BCUT2D eigenvalue weighted by Crippen LogP contribution is 2.30. The number of sulfone groups is 1. The molecular weight excluding hydrogens is 560 g/mol. The first-order chi connectivity index (χ1) is 20.5. The number of carbonyl (C=O) groups excluding carboxylic acids is 2. The lowest BCUT2D eigenvalue weighted by atomic mass is 9.87. The molecule has 43 heavy (non-hydrogen) atoms. The molecule has 0 saturated carbocycles. The lowest BCUT2D eigenvalue weighted by molar-refractivity contribution is -0.133. The lowest BCUT2D eigenvalue weighted by Gasteiger charge is -2.38. The number of hydrogen-bond acceptors (Lipinski definition) is 6. The Morgan fingerprint density at radius 1 is 0.907 bits per heavy atom. The molecule has 0 N–H and O–H groups in total. The Morgan fingerprint density at radius 2 is 1.51 bits per heavy atom. The number of rotatable bonds is 12. The number of piperidine rings is 1. The van der Waals surface area contributed by atoms with Gasteiger partial charge < -0.3 is 14.5 Å². The Hall–Kier alpha value is -3.49. The SMILES string of the molecule is CCN(C(=O)Cc1ccc(S(C)(=O)=O)cc1)C1CCN(CCC(c2ccccc2)c2ccc(C(=O)OC(C)C)cc2)CC1. The van der Waals surface area contributed by atoms with E-state index in [4.69, 9.17) is 4.74 Å². The minimum atomic E-state index is -3.26. The fourth-order valence-electron chi connectivity index (χ4n) is 5.88. The van der Waals surface area contributed by atoms with Crippen molar-refractivity contribution in [3.63, 3.8) is 0 Å². The Kier molecular flexibility index (Phi) is 11.2. The second kappa shape index (κ2) is 14.8. The minimum absolute atomic E-state index is 0.0814. The molecule has 0 aliphatic carbocycles. The number of ether oxygens (including phenoxy) is 1. The van der Waals surface area contributed by atoms with Crippen LogP contribution in [0.5, 0.6) is 0 Å². The monoisotopic (exact) mass is 604 g/mol. The lowest BCUT2D eigenvalue weighted by Crippen LogP contribution is -2.48. The van der Waals surface area contributed by atoms with Gasteiger partial charge in [0.05, 0.1) is 23.0 Å². The van der Waals surface area contributed by atoms with Crippen LogP contribution in [0.25, 0.3) is 0 Å². The molecule has 7 nitrogen and oxygen atoms in total. The third-order valence-corrected chi connectivity index (χ3v) is 9.32. The summed E-state index contributed by atoms with van der Waals surface area (Å²) in [5.41, 5.74) is 3.81. The van der Waals surface area contributed by atoms with E-state index < -0.39 is 9.84 Å². The molecule has 1 amide bonds. The molecule has 1 atom stereocenters. The number of amides is 1. The van der Waals surface area contributed by atoms with Gasteiger partial charge in [-0.2, -0.15) is 0 Å². The Morgan fingerprint density at radius 3 is 2.07 bits per heavy atom. The Labute approximate surface area is 256 Å². The maximum atomic E-state index is 13.2. The zero-order valence-corrected chi connectivity index (χ0v) is 26.6. The van der Waals surface area contributed by atoms with E-state index in [0.717, 1.165) is 44.5 Å². The van der Waals surface area contributed by atoms with E-state index in [9.17, 15) is 18.0 Å². The molecule has 1 saturated heterocycles. The normalized spacial score (nSPS) is 15.3. The van der Waals surface area contributed by atoms with Crippen LogP contribution in [-0.4, -0.2) is 74.7 Å². The second-order valence-corrected chi connectivity index (χ2v) is 13.7. The van der Waals surface area contributed by atoms with Crippen LogP contribution in [0.4, 0.5) is 0 Å². The molecule has 0 radical (unpaired) electrons. The van der Waals surface area contributed by atoms with Crippen LogP contribution in [0.2, 0.25) is 0 Å². The molecule has 0 bridgehead atoms. The van der Waals surface area contributed by atoms with Gasteiger partial charge in [-0.15, -0.1) is 0 Å². The van der Waals surface area contributed by atoms with E-state index in [0.29, 0.717) is 12.1 Å². The molecule has 4 rings (SSSR count). The van der Waals surface area contributed by atoms with E-state index in [1.807, 2.05) is 56.0 Å². The first kappa shape index (κ1) is 32.4. The van der Waals surface area contributed by atoms with Crippen molar-refractivity contribution in [2.75, 3.05) is 32.4 Å². The largest absolute Gasteiger partial charge is 0.459 e. The average molecular weight is 605 g/mol. The maximum Gasteiger partial charge on any atom is 0.338 e. The number of esters is 1. The van der Waals surface area contributed by atoms with Gasteiger partial charge in [0.25, 0.3) is 0 Å². The summed E-state index contributed by atoms with van der Waals surface area (Å²) < 4.78 is 28.9. The summed E-state index contributed by atoms with van der Waals surface area (Å²) in [6.07, 6.45) is 4.10. The Bertz CT molecular complexity index is 1450. The quantitative estimate of drug-likeness (QED) is 0.246. The number of nitrogens with zero attached hydrogens (tertiary/aromatic N) is 2. The van der Waals surface area contributed by atoms with Gasteiger partial charge in [-0.05, 0) is 87.5 Å². The fourth-order valence-corrected chi connectivity index (χ4v) is 6.51. The number of likely N-dealkylation sites (tertiary alicyclic amines) is 1. The van der Waals surface area contributed by atoms with Crippen molar-refractivity contribution in [1.29, 1.82) is 0 Å². The summed E-state index contributed by atoms with van der Waals surface area (Å²) >= 11 is 0. The molecule has 3 aromatic carbocycles. The van der Waals surface area contributed by atoms with Crippen LogP contribution in [0, 0.1) is 0 Å². The van der Waals surface area contributed by atoms with Crippen LogP contribution in [0.3, 0.4) is 0 Å². The number of benzene rings is 3. The standard InChI is InChI=1S/C35H44N2O5S/c1-5-37(34(38)25-27-11-17-32(18-12-27)43(4,40)41)31-19-22-36(23-20-31)24-21-33(28-9-7-6-8-10-28)29-13-15-30(16-14-29)35(39)42-26(2)3/h6-18,26,31,33H,5,19-25H2,1-4H3. The second-order valence-electron chi connectivity index (χ2n) is 11.7.